The molecule has 2 rings (SSSR count). The third-order valence-electron chi connectivity index (χ3n) is 3.93. The molecule has 0 spiro atoms. The Kier molecular flexibility index (Phi) is 5.33. The number of rotatable bonds is 4. The Bertz CT molecular complexity index is 485. The van der Waals surface area contributed by atoms with Gasteiger partial charge in [-0.15, -0.1) is 5.10 Å². The van der Waals surface area contributed by atoms with Gasteiger partial charge in [-0.05, 0) is 25.7 Å². The van der Waals surface area contributed by atoms with Gasteiger partial charge in [-0.2, -0.15) is 0 Å². The number of carbonyl (C=O) groups is 1. The Hall–Kier alpha value is -1.43. The van der Waals surface area contributed by atoms with Crippen LogP contribution in [0.2, 0.25) is 0 Å². The zero-order chi connectivity index (χ0) is 15.4. The summed E-state index contributed by atoms with van der Waals surface area (Å²) < 4.78 is 6.90. The van der Waals surface area contributed by atoms with Crippen LogP contribution >= 0.6 is 0 Å². The summed E-state index contributed by atoms with van der Waals surface area (Å²) >= 11 is 0. The Morgan fingerprint density at radius 3 is 2.81 bits per heavy atom. The third kappa shape index (κ3) is 3.81. The third-order valence-corrected chi connectivity index (χ3v) is 3.93. The molecule has 6 nitrogen and oxygen atoms in total. The molecule has 6 heteroatoms. The molecule has 0 bridgehead atoms. The lowest BCUT2D eigenvalue weighted by molar-refractivity contribution is 0.0450. The second kappa shape index (κ2) is 7.02. The first-order valence-corrected chi connectivity index (χ1v) is 7.77. The normalized spacial score (nSPS) is 23.1. The van der Waals surface area contributed by atoms with Crippen molar-refractivity contribution < 1.29 is 14.6 Å². The Balaban J connectivity index is 2.13. The number of hydrogen-bond donors (Lipinski definition) is 1. The lowest BCUT2D eigenvalue weighted by atomic mass is 10.1. The number of nitrogens with zero attached hydrogens (tertiary/aromatic N) is 3. The highest BCUT2D eigenvalue weighted by Gasteiger charge is 2.28. The molecule has 1 aliphatic carbocycles. The van der Waals surface area contributed by atoms with Gasteiger partial charge in [-0.25, -0.2) is 9.48 Å². The summed E-state index contributed by atoms with van der Waals surface area (Å²) in [4.78, 5) is 12.0. The van der Waals surface area contributed by atoms with Crippen molar-refractivity contribution in [1.82, 2.24) is 15.0 Å². The molecule has 1 N–H and O–H groups in total. The van der Waals surface area contributed by atoms with E-state index < -0.39 is 12.1 Å². The van der Waals surface area contributed by atoms with E-state index >= 15 is 0 Å². The van der Waals surface area contributed by atoms with Gasteiger partial charge in [-0.1, -0.05) is 38.3 Å². The summed E-state index contributed by atoms with van der Waals surface area (Å²) in [5, 5.41) is 18.3. The molecule has 1 aliphatic rings. The molecule has 1 aromatic heterocycles. The lowest BCUT2D eigenvalue weighted by Gasteiger charge is -2.21. The Labute approximate surface area is 125 Å². The van der Waals surface area contributed by atoms with E-state index in [4.69, 9.17) is 4.74 Å². The number of hydrogen-bond acceptors (Lipinski definition) is 5. The van der Waals surface area contributed by atoms with Gasteiger partial charge in [0.25, 0.3) is 0 Å². The number of carbonyl (C=O) groups excluding carboxylic acids is 1. The summed E-state index contributed by atoms with van der Waals surface area (Å²) in [7, 11) is 0. The van der Waals surface area contributed by atoms with E-state index in [9.17, 15) is 9.90 Å². The topological polar surface area (TPSA) is 77.2 Å². The van der Waals surface area contributed by atoms with Crippen molar-refractivity contribution in [2.45, 2.75) is 65.0 Å². The van der Waals surface area contributed by atoms with Crippen LogP contribution in [0, 0.1) is 12.8 Å². The maximum atomic E-state index is 12.0. The van der Waals surface area contributed by atoms with E-state index in [1.54, 1.807) is 4.68 Å². The van der Waals surface area contributed by atoms with Gasteiger partial charge < -0.3 is 9.84 Å². The van der Waals surface area contributed by atoms with Crippen LogP contribution < -0.4 is 0 Å². The summed E-state index contributed by atoms with van der Waals surface area (Å²) in [6.45, 7) is 6.15. The maximum Gasteiger partial charge on any atom is 0.360 e. The number of aromatic nitrogens is 3. The first-order chi connectivity index (χ1) is 10.0. The van der Waals surface area contributed by atoms with Crippen molar-refractivity contribution in [2.24, 2.45) is 5.92 Å². The zero-order valence-corrected chi connectivity index (χ0v) is 13.1. The fraction of sp³-hybridized carbons (Fsp3) is 0.800. The molecule has 0 aromatic carbocycles. The van der Waals surface area contributed by atoms with Crippen LogP contribution in [-0.4, -0.2) is 38.8 Å². The van der Waals surface area contributed by atoms with Crippen molar-refractivity contribution in [2.75, 3.05) is 6.61 Å². The molecule has 118 valence electrons. The first-order valence-electron chi connectivity index (χ1n) is 7.77. The van der Waals surface area contributed by atoms with Gasteiger partial charge in [0.05, 0.1) is 24.4 Å². The minimum Gasteiger partial charge on any atom is -0.461 e. The van der Waals surface area contributed by atoms with Gasteiger partial charge in [0.15, 0.2) is 5.69 Å². The summed E-state index contributed by atoms with van der Waals surface area (Å²) in [5.41, 5.74) is 0.932. The maximum absolute atomic E-state index is 12.0. The molecule has 0 amide bonds. The lowest BCUT2D eigenvalue weighted by Crippen LogP contribution is -2.25. The molecule has 21 heavy (non-hydrogen) atoms. The largest absolute Gasteiger partial charge is 0.461 e. The quantitative estimate of drug-likeness (QED) is 0.681. The highest BCUT2D eigenvalue weighted by atomic mass is 16.5. The molecule has 0 aliphatic heterocycles. The van der Waals surface area contributed by atoms with Crippen LogP contribution in [0.25, 0.3) is 0 Å². The summed E-state index contributed by atoms with van der Waals surface area (Å²) in [6, 6.07) is -0.0911. The second-order valence-electron chi connectivity index (χ2n) is 6.23. The number of ether oxygens (including phenoxy) is 1. The SMILES string of the molecule is Cc1c(C(=O)OCC(C)C)nnn1C1CCCCCC1O. The van der Waals surface area contributed by atoms with Gasteiger partial charge in [0.2, 0.25) is 0 Å². The van der Waals surface area contributed by atoms with Crippen LogP contribution in [-0.2, 0) is 4.74 Å². The summed E-state index contributed by atoms with van der Waals surface area (Å²) in [6.07, 6.45) is 4.45. The molecule has 2 unspecified atom stereocenters. The minimum absolute atomic E-state index is 0.0911. The summed E-state index contributed by atoms with van der Waals surface area (Å²) in [5.74, 6) is -0.149. The van der Waals surface area contributed by atoms with E-state index in [1.807, 2.05) is 20.8 Å². The average Bonchev–Trinajstić information content (AvgIpc) is 2.68. The monoisotopic (exact) mass is 295 g/mol. The molecule has 1 fully saturated rings. The van der Waals surface area contributed by atoms with Crippen molar-refractivity contribution in [3.8, 4) is 0 Å². The Morgan fingerprint density at radius 2 is 2.10 bits per heavy atom. The van der Waals surface area contributed by atoms with Gasteiger partial charge in [0, 0.05) is 0 Å². The number of esters is 1. The van der Waals surface area contributed by atoms with Crippen molar-refractivity contribution in [3.05, 3.63) is 11.4 Å². The van der Waals surface area contributed by atoms with Crippen molar-refractivity contribution in [3.63, 3.8) is 0 Å². The molecule has 1 aromatic rings. The van der Waals surface area contributed by atoms with Crippen LogP contribution in [0.4, 0.5) is 0 Å². The van der Waals surface area contributed by atoms with E-state index in [2.05, 4.69) is 10.3 Å². The standard InChI is InChI=1S/C15H25N3O3/c1-10(2)9-21-15(20)14-11(3)18(17-16-14)12-7-5-4-6-8-13(12)19/h10,12-13,19H,4-9H2,1-3H3. The molecule has 0 saturated heterocycles. The Morgan fingerprint density at radius 1 is 1.38 bits per heavy atom. The van der Waals surface area contributed by atoms with Crippen LogP contribution in [0.5, 0.6) is 0 Å². The van der Waals surface area contributed by atoms with E-state index in [0.717, 1.165) is 32.1 Å². The molecular weight excluding hydrogens is 270 g/mol. The molecule has 1 heterocycles. The highest BCUT2D eigenvalue weighted by Crippen LogP contribution is 2.28. The highest BCUT2D eigenvalue weighted by molar-refractivity contribution is 5.88. The fourth-order valence-corrected chi connectivity index (χ4v) is 2.71. The predicted molar refractivity (Wildman–Crippen MR) is 78.0 cm³/mol. The van der Waals surface area contributed by atoms with Crippen LogP contribution in [0.3, 0.4) is 0 Å². The molecule has 2 atom stereocenters. The number of aliphatic hydroxyl groups is 1. The average molecular weight is 295 g/mol. The minimum atomic E-state index is -0.435. The second-order valence-corrected chi connectivity index (χ2v) is 6.23. The molecular formula is C15H25N3O3. The smallest absolute Gasteiger partial charge is 0.360 e. The zero-order valence-electron chi connectivity index (χ0n) is 13.1. The molecule has 0 radical (unpaired) electrons. The van der Waals surface area contributed by atoms with E-state index in [0.29, 0.717) is 12.3 Å². The fourth-order valence-electron chi connectivity index (χ4n) is 2.71. The van der Waals surface area contributed by atoms with Crippen LogP contribution in [0.15, 0.2) is 0 Å². The van der Waals surface area contributed by atoms with Crippen molar-refractivity contribution in [1.29, 1.82) is 0 Å². The van der Waals surface area contributed by atoms with Gasteiger partial charge in [-0.3, -0.25) is 0 Å². The first kappa shape index (κ1) is 15.9. The molecule has 1 saturated carbocycles. The van der Waals surface area contributed by atoms with Gasteiger partial charge in [0.1, 0.15) is 0 Å². The van der Waals surface area contributed by atoms with Crippen molar-refractivity contribution >= 4 is 5.97 Å². The van der Waals surface area contributed by atoms with Gasteiger partial charge >= 0.3 is 5.97 Å². The van der Waals surface area contributed by atoms with E-state index in [1.165, 1.54) is 0 Å². The van der Waals surface area contributed by atoms with E-state index in [-0.39, 0.29) is 17.7 Å². The predicted octanol–water partition coefficient (Wildman–Crippen LogP) is 2.27. The van der Waals surface area contributed by atoms with Crippen LogP contribution in [0.1, 0.15) is 68.2 Å². The number of aliphatic hydroxyl groups excluding tert-OH is 1.